The van der Waals surface area contributed by atoms with Gasteiger partial charge in [-0.05, 0) is 153 Å². The Bertz CT molecular complexity index is 2670. The summed E-state index contributed by atoms with van der Waals surface area (Å²) >= 11 is 1.88. The Hall–Kier alpha value is -5.12. The predicted octanol–water partition coefficient (Wildman–Crippen LogP) is 18.1. The number of fused-ring (bicyclic) bond motifs is 2. The van der Waals surface area contributed by atoms with E-state index in [1.807, 2.05) is 11.3 Å². The van der Waals surface area contributed by atoms with E-state index in [1.165, 1.54) is 78.8 Å². The van der Waals surface area contributed by atoms with Gasteiger partial charge in [0.05, 0.1) is 11.4 Å². The molecule has 320 valence electrons. The average molecular weight is 837 g/mol. The van der Waals surface area contributed by atoms with E-state index in [2.05, 4.69) is 240 Å². The quantitative estimate of drug-likeness (QED) is 0.158. The number of rotatable bonds is 7. The normalized spacial score (nSPS) is 15.1. The molecule has 7 aromatic rings. The van der Waals surface area contributed by atoms with E-state index >= 15 is 0 Å². The second-order valence-corrected chi connectivity index (χ2v) is 23.3. The lowest BCUT2D eigenvalue weighted by Gasteiger charge is -2.42. The van der Waals surface area contributed by atoms with E-state index in [-0.39, 0.29) is 27.1 Å². The van der Waals surface area contributed by atoms with Crippen molar-refractivity contribution in [2.45, 2.75) is 137 Å². The first-order valence-electron chi connectivity index (χ1n) is 22.7. The first-order valence-corrected chi connectivity index (χ1v) is 23.6. The van der Waals surface area contributed by atoms with Gasteiger partial charge >= 0.3 is 0 Å². The molecular weight excluding hydrogens is 769 g/mol. The first kappa shape index (κ1) is 43.5. The molecule has 62 heavy (non-hydrogen) atoms. The number of anilines is 6. The standard InChI is InChI=1S/C59H68N2S/c1-39-32-46(60(44-25-20-41(21-26-44)55(2,3)4)45-27-22-42(23-28-45)56(5,6)7)35-47(33-39)61(52-29-24-43(57(8,9)10)34-48(52)40-18-16-15-17-19-40)53-38-62-54-37-51-50(36-49(53)54)58(11,12)30-31-59(51,13)14/h15-29,32-38H,30-31H2,1-14H3. The van der Waals surface area contributed by atoms with Gasteiger partial charge in [0, 0.05) is 43.8 Å². The molecule has 6 aromatic carbocycles. The Kier molecular flexibility index (Phi) is 10.9. The van der Waals surface area contributed by atoms with Crippen LogP contribution in [-0.2, 0) is 27.1 Å². The maximum absolute atomic E-state index is 2.57. The molecule has 0 saturated carbocycles. The van der Waals surface area contributed by atoms with Gasteiger partial charge in [0.1, 0.15) is 0 Å². The van der Waals surface area contributed by atoms with Crippen LogP contribution in [0.3, 0.4) is 0 Å². The predicted molar refractivity (Wildman–Crippen MR) is 273 cm³/mol. The van der Waals surface area contributed by atoms with E-state index in [0.29, 0.717) is 0 Å². The second kappa shape index (κ2) is 15.6. The Morgan fingerprint density at radius 1 is 0.468 bits per heavy atom. The summed E-state index contributed by atoms with van der Waals surface area (Å²) in [4.78, 5) is 5.02. The van der Waals surface area contributed by atoms with Gasteiger partial charge in [-0.25, -0.2) is 0 Å². The number of hydrogen-bond acceptors (Lipinski definition) is 3. The van der Waals surface area contributed by atoms with Gasteiger partial charge in [-0.3, -0.25) is 0 Å². The average Bonchev–Trinajstić information content (AvgIpc) is 3.62. The van der Waals surface area contributed by atoms with Crippen LogP contribution < -0.4 is 9.80 Å². The zero-order valence-corrected chi connectivity index (χ0v) is 40.7. The van der Waals surface area contributed by atoms with Crippen LogP contribution in [0.1, 0.15) is 136 Å². The van der Waals surface area contributed by atoms with Crippen molar-refractivity contribution in [1.82, 2.24) is 0 Å². The first-order chi connectivity index (χ1) is 29.0. The highest BCUT2D eigenvalue weighted by molar-refractivity contribution is 7.17. The molecule has 1 aromatic heterocycles. The lowest BCUT2D eigenvalue weighted by molar-refractivity contribution is 0.332. The van der Waals surface area contributed by atoms with Crippen molar-refractivity contribution in [2.75, 3.05) is 9.80 Å². The Morgan fingerprint density at radius 3 is 1.47 bits per heavy atom. The zero-order valence-electron chi connectivity index (χ0n) is 39.9. The van der Waals surface area contributed by atoms with Crippen molar-refractivity contribution < 1.29 is 0 Å². The molecule has 0 saturated heterocycles. The summed E-state index contributed by atoms with van der Waals surface area (Å²) in [5.41, 5.74) is 17.9. The van der Waals surface area contributed by atoms with Crippen LogP contribution in [0.4, 0.5) is 34.1 Å². The van der Waals surface area contributed by atoms with Crippen molar-refractivity contribution in [3.05, 3.63) is 166 Å². The highest BCUT2D eigenvalue weighted by Gasteiger charge is 2.38. The molecule has 0 aliphatic heterocycles. The number of aryl methyl sites for hydroxylation is 1. The number of thiophene rings is 1. The minimum absolute atomic E-state index is 0.0124. The molecule has 1 heterocycles. The molecular formula is C59H68N2S. The SMILES string of the molecule is Cc1cc(N(c2ccc(C(C)(C)C)cc2)c2ccc(C(C)(C)C)cc2)cc(N(c2ccc(C(C)(C)C)cc2-c2ccccc2)c2csc3cc4c(cc23)C(C)(C)CCC4(C)C)c1. The van der Waals surface area contributed by atoms with Gasteiger partial charge in [0.2, 0.25) is 0 Å². The van der Waals surface area contributed by atoms with Crippen LogP contribution in [0.5, 0.6) is 0 Å². The van der Waals surface area contributed by atoms with Gasteiger partial charge in [-0.2, -0.15) is 0 Å². The molecule has 0 fully saturated rings. The minimum Gasteiger partial charge on any atom is -0.310 e. The topological polar surface area (TPSA) is 6.48 Å². The monoisotopic (exact) mass is 837 g/mol. The fraction of sp³-hybridized carbons (Fsp3) is 0.356. The third kappa shape index (κ3) is 8.38. The van der Waals surface area contributed by atoms with E-state index in [4.69, 9.17) is 0 Å². The fourth-order valence-electron chi connectivity index (χ4n) is 9.37. The molecule has 0 N–H and O–H groups in total. The maximum Gasteiger partial charge on any atom is 0.0647 e. The van der Waals surface area contributed by atoms with Gasteiger partial charge in [-0.1, -0.05) is 151 Å². The maximum atomic E-state index is 2.57. The molecule has 1 aliphatic rings. The summed E-state index contributed by atoms with van der Waals surface area (Å²) in [5, 5.41) is 3.73. The van der Waals surface area contributed by atoms with E-state index in [9.17, 15) is 0 Å². The molecule has 0 amide bonds. The molecule has 0 unspecified atom stereocenters. The van der Waals surface area contributed by atoms with E-state index in [1.54, 1.807) is 0 Å². The number of benzene rings is 6. The van der Waals surface area contributed by atoms with Crippen molar-refractivity contribution in [3.8, 4) is 11.1 Å². The Labute approximate surface area is 377 Å². The summed E-state index contributed by atoms with van der Waals surface area (Å²) in [6.07, 6.45) is 2.38. The van der Waals surface area contributed by atoms with Gasteiger partial charge in [-0.15, -0.1) is 11.3 Å². The summed E-state index contributed by atoms with van der Waals surface area (Å²) < 4.78 is 1.34. The van der Waals surface area contributed by atoms with Crippen molar-refractivity contribution >= 4 is 55.5 Å². The molecule has 2 nitrogen and oxygen atoms in total. The molecule has 8 rings (SSSR count). The summed E-state index contributed by atoms with van der Waals surface area (Å²) in [7, 11) is 0. The van der Waals surface area contributed by atoms with E-state index in [0.717, 1.165) is 22.7 Å². The smallest absolute Gasteiger partial charge is 0.0647 e. The molecule has 0 atom stereocenters. The van der Waals surface area contributed by atoms with Crippen LogP contribution in [0.15, 0.2) is 133 Å². The van der Waals surface area contributed by atoms with Crippen molar-refractivity contribution in [1.29, 1.82) is 0 Å². The summed E-state index contributed by atoms with van der Waals surface area (Å²) in [6.45, 7) is 32.7. The second-order valence-electron chi connectivity index (χ2n) is 22.4. The molecule has 0 spiro atoms. The lowest BCUT2D eigenvalue weighted by Crippen LogP contribution is -2.33. The lowest BCUT2D eigenvalue weighted by atomic mass is 9.63. The summed E-state index contributed by atoms with van der Waals surface area (Å²) in [5.74, 6) is 0. The van der Waals surface area contributed by atoms with Crippen LogP contribution >= 0.6 is 11.3 Å². The third-order valence-corrected chi connectivity index (χ3v) is 14.4. The molecule has 0 bridgehead atoms. The molecule has 1 aliphatic carbocycles. The third-order valence-electron chi connectivity index (χ3n) is 13.5. The number of hydrogen-bond donors (Lipinski definition) is 0. The zero-order chi connectivity index (χ0) is 44.6. The van der Waals surface area contributed by atoms with Crippen LogP contribution in [-0.4, -0.2) is 0 Å². The van der Waals surface area contributed by atoms with Gasteiger partial charge in [0.25, 0.3) is 0 Å². The molecule has 0 radical (unpaired) electrons. The van der Waals surface area contributed by atoms with Crippen molar-refractivity contribution in [3.63, 3.8) is 0 Å². The number of nitrogens with zero attached hydrogens (tertiary/aromatic N) is 2. The fourth-order valence-corrected chi connectivity index (χ4v) is 10.3. The Balaban J connectivity index is 1.41. The largest absolute Gasteiger partial charge is 0.310 e. The van der Waals surface area contributed by atoms with E-state index < -0.39 is 0 Å². The van der Waals surface area contributed by atoms with Crippen LogP contribution in [0.25, 0.3) is 21.2 Å². The Morgan fingerprint density at radius 2 is 0.952 bits per heavy atom. The highest BCUT2D eigenvalue weighted by Crippen LogP contribution is 2.52. The summed E-state index contributed by atoms with van der Waals surface area (Å²) in [6, 6.07) is 48.8. The highest BCUT2D eigenvalue weighted by atomic mass is 32.1. The van der Waals surface area contributed by atoms with Gasteiger partial charge < -0.3 is 9.80 Å². The van der Waals surface area contributed by atoms with Crippen molar-refractivity contribution in [2.24, 2.45) is 0 Å². The minimum atomic E-state index is -0.0124. The van der Waals surface area contributed by atoms with Gasteiger partial charge in [0.15, 0.2) is 0 Å². The van der Waals surface area contributed by atoms with Crippen LogP contribution in [0, 0.1) is 6.92 Å². The van der Waals surface area contributed by atoms with Crippen LogP contribution in [0.2, 0.25) is 0 Å². The molecule has 3 heteroatoms.